The molecule has 0 saturated heterocycles. The van der Waals surface area contributed by atoms with Crippen LogP contribution >= 0.6 is 0 Å². The summed E-state index contributed by atoms with van der Waals surface area (Å²) < 4.78 is 24.2. The van der Waals surface area contributed by atoms with Crippen molar-refractivity contribution in [2.24, 2.45) is 5.41 Å². The lowest BCUT2D eigenvalue weighted by Crippen LogP contribution is -2.35. The van der Waals surface area contributed by atoms with Crippen LogP contribution in [-0.2, 0) is 14.6 Å². The molecule has 0 unspecified atom stereocenters. The Bertz CT molecular complexity index is 618. The Morgan fingerprint density at radius 2 is 1.90 bits per heavy atom. The molecule has 0 aromatic heterocycles. The van der Waals surface area contributed by atoms with E-state index in [1.165, 1.54) is 0 Å². The molecule has 0 aliphatic heterocycles. The fourth-order valence-corrected chi connectivity index (χ4v) is 3.89. The van der Waals surface area contributed by atoms with Gasteiger partial charge in [-0.05, 0) is 25.0 Å². The van der Waals surface area contributed by atoms with E-state index in [0.717, 1.165) is 12.8 Å². The molecular formula is C15H21NO4S. The smallest absolute Gasteiger partial charge is 0.311 e. The minimum Gasteiger partial charge on any atom is -0.481 e. The Hall–Kier alpha value is -1.56. The summed E-state index contributed by atoms with van der Waals surface area (Å²) in [5.41, 5.74) is -0.282. The van der Waals surface area contributed by atoms with E-state index in [1.807, 2.05) is 0 Å². The number of hydrogen-bond donors (Lipinski definition) is 2. The van der Waals surface area contributed by atoms with Gasteiger partial charge in [-0.15, -0.1) is 0 Å². The van der Waals surface area contributed by atoms with Crippen LogP contribution < -0.4 is 5.32 Å². The van der Waals surface area contributed by atoms with Gasteiger partial charge in [-0.3, -0.25) is 4.79 Å². The van der Waals surface area contributed by atoms with Gasteiger partial charge in [0.15, 0.2) is 9.84 Å². The van der Waals surface area contributed by atoms with E-state index < -0.39 is 21.2 Å². The average Bonchev–Trinajstić information content (AvgIpc) is 2.95. The average molecular weight is 311 g/mol. The molecule has 1 saturated carbocycles. The van der Waals surface area contributed by atoms with Gasteiger partial charge >= 0.3 is 5.97 Å². The van der Waals surface area contributed by atoms with Crippen molar-refractivity contribution in [2.75, 3.05) is 17.6 Å². The monoisotopic (exact) mass is 311 g/mol. The molecule has 116 valence electrons. The van der Waals surface area contributed by atoms with Crippen molar-refractivity contribution in [1.82, 2.24) is 0 Å². The number of para-hydroxylation sites is 1. The van der Waals surface area contributed by atoms with Crippen molar-refractivity contribution in [3.05, 3.63) is 24.3 Å². The van der Waals surface area contributed by atoms with Crippen molar-refractivity contribution in [2.45, 2.75) is 37.5 Å². The van der Waals surface area contributed by atoms with Gasteiger partial charge in [0, 0.05) is 6.54 Å². The molecule has 1 fully saturated rings. The van der Waals surface area contributed by atoms with Crippen LogP contribution in [0.3, 0.4) is 0 Å². The molecule has 5 nitrogen and oxygen atoms in total. The van der Waals surface area contributed by atoms with E-state index in [4.69, 9.17) is 0 Å². The number of anilines is 1. The zero-order chi connectivity index (χ0) is 15.5. The summed E-state index contributed by atoms with van der Waals surface area (Å²) in [6, 6.07) is 6.67. The van der Waals surface area contributed by atoms with Gasteiger partial charge in [0.1, 0.15) is 0 Å². The summed E-state index contributed by atoms with van der Waals surface area (Å²) in [4.78, 5) is 11.8. The summed E-state index contributed by atoms with van der Waals surface area (Å²) in [6.07, 6.45) is 3.09. The van der Waals surface area contributed by atoms with Crippen molar-refractivity contribution in [3.63, 3.8) is 0 Å². The first-order chi connectivity index (χ1) is 9.91. The van der Waals surface area contributed by atoms with Gasteiger partial charge in [0.05, 0.1) is 21.8 Å². The van der Waals surface area contributed by atoms with Crippen molar-refractivity contribution >= 4 is 21.5 Å². The van der Waals surface area contributed by atoms with Crippen molar-refractivity contribution in [1.29, 1.82) is 0 Å². The van der Waals surface area contributed by atoms with E-state index in [9.17, 15) is 18.3 Å². The number of sulfone groups is 1. The number of rotatable bonds is 6. The van der Waals surface area contributed by atoms with E-state index in [0.29, 0.717) is 18.5 Å². The fourth-order valence-electron chi connectivity index (χ4n) is 2.82. The Morgan fingerprint density at radius 3 is 2.48 bits per heavy atom. The molecule has 2 N–H and O–H groups in total. The highest BCUT2D eigenvalue weighted by Gasteiger charge is 2.41. The number of hydrogen-bond acceptors (Lipinski definition) is 4. The second-order valence-electron chi connectivity index (χ2n) is 5.55. The summed E-state index contributed by atoms with van der Waals surface area (Å²) >= 11 is 0. The van der Waals surface area contributed by atoms with Gasteiger partial charge in [-0.25, -0.2) is 8.42 Å². The summed E-state index contributed by atoms with van der Waals surface area (Å²) in [6.45, 7) is 1.86. The van der Waals surface area contributed by atoms with E-state index in [2.05, 4.69) is 5.32 Å². The lowest BCUT2D eigenvalue weighted by atomic mass is 9.86. The van der Waals surface area contributed by atoms with Crippen molar-refractivity contribution < 1.29 is 18.3 Å². The second-order valence-corrected chi connectivity index (χ2v) is 7.79. The molecule has 0 radical (unpaired) electrons. The normalized spacial score (nSPS) is 17.6. The van der Waals surface area contributed by atoms with Crippen LogP contribution in [0.1, 0.15) is 32.6 Å². The zero-order valence-corrected chi connectivity index (χ0v) is 12.9. The van der Waals surface area contributed by atoms with Gasteiger partial charge in [0.2, 0.25) is 0 Å². The maximum Gasteiger partial charge on any atom is 0.311 e. The summed E-state index contributed by atoms with van der Waals surface area (Å²) in [7, 11) is -3.32. The van der Waals surface area contributed by atoms with Crippen LogP contribution in [0.2, 0.25) is 0 Å². The summed E-state index contributed by atoms with van der Waals surface area (Å²) in [5.74, 6) is -0.779. The third-order valence-corrected chi connectivity index (χ3v) is 6.02. The molecule has 1 aliphatic carbocycles. The Kier molecular flexibility index (Phi) is 4.56. The van der Waals surface area contributed by atoms with Gasteiger partial charge in [-0.2, -0.15) is 0 Å². The Labute approximate surface area is 125 Å². The Balaban J connectivity index is 2.23. The SMILES string of the molecule is CCS(=O)(=O)c1ccccc1NCC1(C(=O)O)CCCC1. The first-order valence-electron chi connectivity index (χ1n) is 7.20. The highest BCUT2D eigenvalue weighted by Crippen LogP contribution is 2.39. The largest absolute Gasteiger partial charge is 0.481 e. The number of aliphatic carboxylic acids is 1. The molecule has 6 heteroatoms. The number of carboxylic acids is 1. The molecule has 1 aromatic rings. The van der Waals surface area contributed by atoms with Gasteiger partial charge in [0.25, 0.3) is 0 Å². The third-order valence-electron chi connectivity index (χ3n) is 4.23. The molecule has 0 heterocycles. The predicted octanol–water partition coefficient (Wildman–Crippen LogP) is 2.54. The minimum absolute atomic E-state index is 0.0236. The molecule has 0 atom stereocenters. The van der Waals surface area contributed by atoms with Gasteiger partial charge < -0.3 is 10.4 Å². The molecule has 0 amide bonds. The number of nitrogens with one attached hydrogen (secondary N) is 1. The van der Waals surface area contributed by atoms with Crippen LogP contribution in [0, 0.1) is 5.41 Å². The lowest BCUT2D eigenvalue weighted by molar-refractivity contribution is -0.147. The highest BCUT2D eigenvalue weighted by atomic mass is 32.2. The van der Waals surface area contributed by atoms with Crippen LogP contribution in [-0.4, -0.2) is 31.8 Å². The maximum absolute atomic E-state index is 12.1. The molecule has 0 bridgehead atoms. The molecule has 21 heavy (non-hydrogen) atoms. The third kappa shape index (κ3) is 3.20. The number of benzene rings is 1. The molecular weight excluding hydrogens is 290 g/mol. The second kappa shape index (κ2) is 6.05. The van der Waals surface area contributed by atoms with Crippen LogP contribution in [0.15, 0.2) is 29.2 Å². The predicted molar refractivity (Wildman–Crippen MR) is 81.2 cm³/mol. The van der Waals surface area contributed by atoms with Gasteiger partial charge in [-0.1, -0.05) is 31.9 Å². The van der Waals surface area contributed by atoms with Crippen molar-refractivity contribution in [3.8, 4) is 0 Å². The molecule has 0 spiro atoms. The minimum atomic E-state index is -3.32. The Morgan fingerprint density at radius 1 is 1.29 bits per heavy atom. The number of carboxylic acid groups (broad SMARTS) is 1. The topological polar surface area (TPSA) is 83.5 Å². The fraction of sp³-hybridized carbons (Fsp3) is 0.533. The lowest BCUT2D eigenvalue weighted by Gasteiger charge is -2.25. The summed E-state index contributed by atoms with van der Waals surface area (Å²) in [5, 5.41) is 12.5. The quantitative estimate of drug-likeness (QED) is 0.843. The molecule has 2 rings (SSSR count). The molecule has 1 aliphatic rings. The van der Waals surface area contributed by atoms with E-state index >= 15 is 0 Å². The van der Waals surface area contributed by atoms with E-state index in [1.54, 1.807) is 31.2 Å². The van der Waals surface area contributed by atoms with E-state index in [-0.39, 0.29) is 17.2 Å². The first kappa shape index (κ1) is 15.8. The maximum atomic E-state index is 12.1. The van der Waals surface area contributed by atoms with Crippen LogP contribution in [0.5, 0.6) is 0 Å². The molecule has 1 aromatic carbocycles. The highest BCUT2D eigenvalue weighted by molar-refractivity contribution is 7.91. The standard InChI is InChI=1S/C15H21NO4S/c1-2-21(19,20)13-8-4-3-7-12(13)16-11-15(14(17)18)9-5-6-10-15/h3-4,7-8,16H,2,5-6,9-11H2,1H3,(H,17,18). The zero-order valence-electron chi connectivity index (χ0n) is 12.1. The number of carbonyl (C=O) groups is 1. The first-order valence-corrected chi connectivity index (χ1v) is 8.85. The van der Waals surface area contributed by atoms with Crippen LogP contribution in [0.4, 0.5) is 5.69 Å². The van der Waals surface area contributed by atoms with Crippen LogP contribution in [0.25, 0.3) is 0 Å².